The van der Waals surface area contributed by atoms with Crippen LogP contribution in [-0.4, -0.2) is 19.9 Å². The van der Waals surface area contributed by atoms with Crippen molar-refractivity contribution in [1.82, 2.24) is 19.9 Å². The smallest absolute Gasteiger partial charge is 0.177 e. The van der Waals surface area contributed by atoms with E-state index in [1.807, 2.05) is 0 Å². The van der Waals surface area contributed by atoms with Gasteiger partial charge in [-0.25, -0.2) is 19.3 Å². The molecule has 1 N–H and O–H groups in total. The van der Waals surface area contributed by atoms with Crippen LogP contribution < -0.4 is 0 Å². The molecule has 2 heterocycles. The fourth-order valence-corrected chi connectivity index (χ4v) is 1.63. The van der Waals surface area contributed by atoms with E-state index in [9.17, 15) is 4.39 Å². The summed E-state index contributed by atoms with van der Waals surface area (Å²) >= 11 is 0. The van der Waals surface area contributed by atoms with Gasteiger partial charge in [0.15, 0.2) is 5.82 Å². The lowest BCUT2D eigenvalue weighted by Gasteiger charge is -1.96. The fourth-order valence-electron chi connectivity index (χ4n) is 1.63. The number of hydrogen-bond donors (Lipinski definition) is 1. The number of benzene rings is 1. The summed E-state index contributed by atoms with van der Waals surface area (Å²) in [6.45, 7) is 4.25. The van der Waals surface area contributed by atoms with Gasteiger partial charge in [0.25, 0.3) is 0 Å². The molecule has 0 saturated carbocycles. The Morgan fingerprint density at radius 2 is 1.62 bits per heavy atom. The summed E-state index contributed by atoms with van der Waals surface area (Å²) in [5.41, 5.74) is 1.55. The molecule has 0 radical (unpaired) electrons. The Morgan fingerprint density at radius 1 is 1.00 bits per heavy atom. The van der Waals surface area contributed by atoms with Gasteiger partial charge in [-0.05, 0) is 30.3 Å². The van der Waals surface area contributed by atoms with Crippen molar-refractivity contribution in [2.45, 2.75) is 20.3 Å². The highest BCUT2D eigenvalue weighted by atomic mass is 19.1. The van der Waals surface area contributed by atoms with Gasteiger partial charge in [-0.1, -0.05) is 20.3 Å². The number of hydrogen-bond acceptors (Lipinski definition) is 3. The second kappa shape index (κ2) is 7.28. The Kier molecular flexibility index (Phi) is 5.15. The first-order valence-corrected chi connectivity index (χ1v) is 6.83. The van der Waals surface area contributed by atoms with E-state index in [1.54, 1.807) is 36.8 Å². The normalized spacial score (nSPS) is 9.86. The Labute approximate surface area is 123 Å². The van der Waals surface area contributed by atoms with Crippen molar-refractivity contribution in [3.8, 4) is 22.9 Å². The minimum Gasteiger partial charge on any atom is -0.335 e. The third kappa shape index (κ3) is 3.95. The van der Waals surface area contributed by atoms with Gasteiger partial charge in [-0.2, -0.15) is 0 Å². The molecule has 0 amide bonds. The Morgan fingerprint density at radius 3 is 2.24 bits per heavy atom. The number of aromatic amines is 1. The van der Waals surface area contributed by atoms with E-state index in [0.29, 0.717) is 11.6 Å². The molecule has 0 saturated heterocycles. The molecule has 0 unspecified atom stereocenters. The summed E-state index contributed by atoms with van der Waals surface area (Å²) in [6, 6.07) is 7.89. The third-order valence-electron chi connectivity index (χ3n) is 2.50. The number of nitrogens with one attached hydrogen (secondary N) is 1. The third-order valence-corrected chi connectivity index (χ3v) is 2.50. The van der Waals surface area contributed by atoms with Crippen molar-refractivity contribution in [3.63, 3.8) is 0 Å². The molecule has 0 spiro atoms. The van der Waals surface area contributed by atoms with Crippen LogP contribution in [0.25, 0.3) is 22.9 Å². The van der Waals surface area contributed by atoms with Crippen LogP contribution in [0.4, 0.5) is 4.39 Å². The van der Waals surface area contributed by atoms with Crippen LogP contribution in [-0.2, 0) is 0 Å². The molecule has 3 rings (SSSR count). The number of rotatable bonds is 2. The van der Waals surface area contributed by atoms with E-state index in [-0.39, 0.29) is 5.82 Å². The summed E-state index contributed by atoms with van der Waals surface area (Å²) in [5, 5.41) is 0. The molecule has 0 fully saturated rings. The monoisotopic (exact) mass is 284 g/mol. The molecule has 0 aliphatic rings. The van der Waals surface area contributed by atoms with Crippen LogP contribution in [0.15, 0.2) is 48.9 Å². The number of nitrogens with zero attached hydrogens (tertiary/aromatic N) is 3. The van der Waals surface area contributed by atoms with Crippen molar-refractivity contribution in [2.24, 2.45) is 0 Å². The second-order valence-electron chi connectivity index (χ2n) is 4.43. The first kappa shape index (κ1) is 14.8. The predicted octanol–water partition coefficient (Wildman–Crippen LogP) is 4.09. The van der Waals surface area contributed by atoms with Crippen LogP contribution in [0.1, 0.15) is 20.3 Å². The molecule has 1 aromatic carbocycles. The van der Waals surface area contributed by atoms with Gasteiger partial charge in [0.2, 0.25) is 0 Å². The van der Waals surface area contributed by atoms with E-state index in [0.717, 1.165) is 11.3 Å². The quantitative estimate of drug-likeness (QED) is 0.771. The summed E-state index contributed by atoms with van der Waals surface area (Å²) in [6.07, 6.45) is 6.25. The highest BCUT2D eigenvalue weighted by Gasteiger charge is 2.06. The molecule has 0 aliphatic carbocycles. The maximum Gasteiger partial charge on any atom is 0.177 e. The topological polar surface area (TPSA) is 54.5 Å². The van der Waals surface area contributed by atoms with Gasteiger partial charge in [-0.15, -0.1) is 0 Å². The molecule has 108 valence electrons. The van der Waals surface area contributed by atoms with Crippen molar-refractivity contribution in [1.29, 1.82) is 0 Å². The summed E-state index contributed by atoms with van der Waals surface area (Å²) in [7, 11) is 0. The van der Waals surface area contributed by atoms with Gasteiger partial charge in [-0.3, -0.25) is 0 Å². The average molecular weight is 284 g/mol. The molecule has 2 aromatic heterocycles. The predicted molar refractivity (Wildman–Crippen MR) is 81.0 cm³/mol. The zero-order valence-corrected chi connectivity index (χ0v) is 12.0. The van der Waals surface area contributed by atoms with Crippen molar-refractivity contribution in [3.05, 3.63) is 54.7 Å². The average Bonchev–Trinajstić information content (AvgIpc) is 3.00. The fraction of sp³-hybridized carbons (Fsp3) is 0.188. The van der Waals surface area contributed by atoms with Gasteiger partial charge in [0.05, 0.1) is 6.20 Å². The van der Waals surface area contributed by atoms with Crippen molar-refractivity contribution >= 4 is 0 Å². The van der Waals surface area contributed by atoms with Crippen LogP contribution in [0, 0.1) is 5.82 Å². The first-order chi connectivity index (χ1) is 10.2. The lowest BCUT2D eigenvalue weighted by molar-refractivity contribution is 0.628. The van der Waals surface area contributed by atoms with Crippen LogP contribution >= 0.6 is 0 Å². The van der Waals surface area contributed by atoms with Gasteiger partial charge >= 0.3 is 0 Å². The van der Waals surface area contributed by atoms with Crippen LogP contribution in [0.2, 0.25) is 0 Å². The minimum absolute atomic E-state index is 0.267. The largest absolute Gasteiger partial charge is 0.335 e. The van der Waals surface area contributed by atoms with E-state index in [2.05, 4.69) is 33.8 Å². The lowest BCUT2D eigenvalue weighted by Crippen LogP contribution is -1.86. The number of aromatic nitrogens is 4. The molecular weight excluding hydrogens is 267 g/mol. The highest BCUT2D eigenvalue weighted by molar-refractivity contribution is 5.59. The summed E-state index contributed by atoms with van der Waals surface area (Å²) < 4.78 is 12.8. The molecule has 0 aliphatic heterocycles. The maximum absolute atomic E-state index is 12.8. The van der Waals surface area contributed by atoms with E-state index in [1.165, 1.54) is 18.6 Å². The lowest BCUT2D eigenvalue weighted by atomic mass is 10.2. The SMILES string of the molecule is CCC.Fc1ccc(-c2ncc(-c3ncccn3)[nH]2)cc1. The Bertz CT molecular complexity index is 662. The van der Waals surface area contributed by atoms with Gasteiger partial charge in [0, 0.05) is 18.0 Å². The Hall–Kier alpha value is -2.56. The summed E-state index contributed by atoms with van der Waals surface area (Å²) in [4.78, 5) is 15.6. The van der Waals surface area contributed by atoms with Crippen molar-refractivity contribution < 1.29 is 4.39 Å². The second-order valence-corrected chi connectivity index (χ2v) is 4.43. The van der Waals surface area contributed by atoms with Crippen LogP contribution in [0.3, 0.4) is 0 Å². The molecule has 0 bridgehead atoms. The minimum atomic E-state index is -0.267. The van der Waals surface area contributed by atoms with Crippen molar-refractivity contribution in [2.75, 3.05) is 0 Å². The van der Waals surface area contributed by atoms with E-state index < -0.39 is 0 Å². The molecule has 4 nitrogen and oxygen atoms in total. The maximum atomic E-state index is 12.8. The molecular formula is C16H17FN4. The first-order valence-electron chi connectivity index (χ1n) is 6.83. The highest BCUT2D eigenvalue weighted by Crippen LogP contribution is 2.19. The van der Waals surface area contributed by atoms with Crippen LogP contribution in [0.5, 0.6) is 0 Å². The van der Waals surface area contributed by atoms with Gasteiger partial charge in [0.1, 0.15) is 17.3 Å². The number of halogens is 1. The zero-order chi connectivity index (χ0) is 15.1. The summed E-state index contributed by atoms with van der Waals surface area (Å²) in [5.74, 6) is 0.979. The molecule has 5 heteroatoms. The van der Waals surface area contributed by atoms with E-state index in [4.69, 9.17) is 0 Å². The number of H-pyrrole nitrogens is 1. The molecule has 0 atom stereocenters. The molecule has 3 aromatic rings. The zero-order valence-electron chi connectivity index (χ0n) is 12.0. The Balaban J connectivity index is 0.000000497. The standard InChI is InChI=1S/C13H9FN4.C3H8/c14-10-4-2-9(3-5-10)12-17-8-11(18-12)13-15-6-1-7-16-13;1-3-2/h1-8H,(H,17,18);3H2,1-2H3. The molecule has 21 heavy (non-hydrogen) atoms. The van der Waals surface area contributed by atoms with Gasteiger partial charge < -0.3 is 4.98 Å². The van der Waals surface area contributed by atoms with E-state index >= 15 is 0 Å². The number of imidazole rings is 1.